The van der Waals surface area contributed by atoms with Crippen molar-refractivity contribution in [2.45, 2.75) is 27.7 Å². The maximum atomic E-state index is 8.45. The molecule has 16 heavy (non-hydrogen) atoms. The van der Waals surface area contributed by atoms with E-state index in [0.717, 1.165) is 39.3 Å². The molecule has 0 aromatic heterocycles. The molecule has 4 heteroatoms. The average Bonchev–Trinajstić information content (AvgIpc) is 2.41. The van der Waals surface area contributed by atoms with E-state index >= 15 is 0 Å². The zero-order chi connectivity index (χ0) is 12.6. The zero-order valence-electron chi connectivity index (χ0n) is 11.5. The molecule has 0 bridgehead atoms. The van der Waals surface area contributed by atoms with E-state index in [1.165, 1.54) is 0 Å². The van der Waals surface area contributed by atoms with E-state index in [4.69, 9.17) is 9.84 Å². The molecule has 1 saturated heterocycles. The van der Waals surface area contributed by atoms with Crippen LogP contribution in [0.1, 0.15) is 27.7 Å². The second-order valence-corrected chi connectivity index (χ2v) is 2.93. The summed E-state index contributed by atoms with van der Waals surface area (Å²) in [6.07, 6.45) is 0. The van der Waals surface area contributed by atoms with Crippen LogP contribution in [-0.4, -0.2) is 62.6 Å². The van der Waals surface area contributed by atoms with Crippen LogP contribution in [0.3, 0.4) is 0 Å². The lowest BCUT2D eigenvalue weighted by Crippen LogP contribution is -2.44. The van der Waals surface area contributed by atoms with Crippen molar-refractivity contribution < 1.29 is 9.84 Å². The van der Waals surface area contributed by atoms with Crippen LogP contribution >= 0.6 is 0 Å². The fraction of sp³-hybridized carbons (Fsp3) is 1.00. The number of aliphatic hydroxyl groups is 1. The van der Waals surface area contributed by atoms with Gasteiger partial charge in [-0.1, -0.05) is 27.7 Å². The van der Waals surface area contributed by atoms with E-state index in [1.807, 2.05) is 27.7 Å². The van der Waals surface area contributed by atoms with E-state index in [0.29, 0.717) is 6.61 Å². The Morgan fingerprint density at radius 2 is 1.62 bits per heavy atom. The molecule has 1 rings (SSSR count). The first-order chi connectivity index (χ1) is 7.93. The number of hydrogen-bond donors (Lipinski definition) is 2. The molecule has 0 atom stereocenters. The second kappa shape index (κ2) is 17.2. The Bertz CT molecular complexity index is 107. The minimum atomic E-state index is 0.127. The minimum absolute atomic E-state index is 0.127. The molecule has 0 aromatic rings. The van der Waals surface area contributed by atoms with Crippen LogP contribution in [0.2, 0.25) is 0 Å². The van der Waals surface area contributed by atoms with Gasteiger partial charge in [0, 0.05) is 32.7 Å². The van der Waals surface area contributed by atoms with Crippen LogP contribution in [-0.2, 0) is 4.74 Å². The van der Waals surface area contributed by atoms with Gasteiger partial charge in [-0.05, 0) is 0 Å². The fourth-order valence-corrected chi connectivity index (χ4v) is 1.30. The largest absolute Gasteiger partial charge is 0.394 e. The Balaban J connectivity index is 0. The van der Waals surface area contributed by atoms with Gasteiger partial charge in [0.1, 0.15) is 0 Å². The highest BCUT2D eigenvalue weighted by Crippen LogP contribution is 1.91. The summed E-state index contributed by atoms with van der Waals surface area (Å²) < 4.78 is 5.17. The molecule has 1 fully saturated rings. The molecule has 1 aliphatic heterocycles. The van der Waals surface area contributed by atoms with Crippen LogP contribution in [0.25, 0.3) is 0 Å². The third-order valence-corrected chi connectivity index (χ3v) is 2.00. The first-order valence-electron chi connectivity index (χ1n) is 6.55. The van der Waals surface area contributed by atoms with Crippen molar-refractivity contribution in [3.05, 3.63) is 0 Å². The summed E-state index contributed by atoms with van der Waals surface area (Å²) >= 11 is 0. The van der Waals surface area contributed by atoms with E-state index in [9.17, 15) is 0 Å². The van der Waals surface area contributed by atoms with E-state index in [2.05, 4.69) is 10.2 Å². The van der Waals surface area contributed by atoms with Crippen LogP contribution < -0.4 is 5.32 Å². The van der Waals surface area contributed by atoms with E-state index in [1.54, 1.807) is 0 Å². The molecule has 4 nitrogen and oxygen atoms in total. The van der Waals surface area contributed by atoms with Gasteiger partial charge in [0.2, 0.25) is 0 Å². The van der Waals surface area contributed by atoms with Crippen LogP contribution in [0.4, 0.5) is 0 Å². The summed E-state index contributed by atoms with van der Waals surface area (Å²) in [5, 5.41) is 11.7. The molecule has 0 spiro atoms. The number of hydrogen-bond acceptors (Lipinski definition) is 4. The van der Waals surface area contributed by atoms with Crippen molar-refractivity contribution in [1.82, 2.24) is 10.2 Å². The summed E-state index contributed by atoms with van der Waals surface area (Å²) in [4.78, 5) is 2.37. The number of piperazine rings is 1. The lowest BCUT2D eigenvalue weighted by Gasteiger charge is -2.26. The summed E-state index contributed by atoms with van der Waals surface area (Å²) in [6.45, 7) is 14.7. The van der Waals surface area contributed by atoms with Crippen molar-refractivity contribution in [1.29, 1.82) is 0 Å². The van der Waals surface area contributed by atoms with Crippen LogP contribution in [0.15, 0.2) is 0 Å². The Morgan fingerprint density at radius 3 is 2.12 bits per heavy atom. The van der Waals surface area contributed by atoms with E-state index < -0.39 is 0 Å². The minimum Gasteiger partial charge on any atom is -0.394 e. The number of aliphatic hydroxyl groups excluding tert-OH is 1. The van der Waals surface area contributed by atoms with Gasteiger partial charge in [0.15, 0.2) is 0 Å². The highest BCUT2D eigenvalue weighted by atomic mass is 16.5. The smallest absolute Gasteiger partial charge is 0.0698 e. The van der Waals surface area contributed by atoms with Gasteiger partial charge in [-0.3, -0.25) is 4.90 Å². The van der Waals surface area contributed by atoms with Gasteiger partial charge in [0.25, 0.3) is 0 Å². The zero-order valence-corrected chi connectivity index (χ0v) is 11.5. The summed E-state index contributed by atoms with van der Waals surface area (Å²) in [6, 6.07) is 0. The highest BCUT2D eigenvalue weighted by molar-refractivity contribution is 4.66. The van der Waals surface area contributed by atoms with Gasteiger partial charge in [-0.2, -0.15) is 0 Å². The van der Waals surface area contributed by atoms with Crippen molar-refractivity contribution in [3.8, 4) is 0 Å². The topological polar surface area (TPSA) is 44.7 Å². The molecular formula is C12H30N2O2. The number of rotatable bonds is 5. The number of nitrogens with zero attached hydrogens (tertiary/aromatic N) is 1. The van der Waals surface area contributed by atoms with Crippen LogP contribution in [0.5, 0.6) is 0 Å². The maximum Gasteiger partial charge on any atom is 0.0698 e. The Labute approximate surface area is 101 Å². The van der Waals surface area contributed by atoms with Gasteiger partial charge < -0.3 is 15.2 Å². The summed E-state index contributed by atoms with van der Waals surface area (Å²) in [7, 11) is 0. The normalized spacial score (nSPS) is 15.6. The van der Waals surface area contributed by atoms with Crippen molar-refractivity contribution in [2.24, 2.45) is 0 Å². The quantitative estimate of drug-likeness (QED) is 0.695. The van der Waals surface area contributed by atoms with Gasteiger partial charge in [-0.25, -0.2) is 0 Å². The second-order valence-electron chi connectivity index (χ2n) is 2.93. The Kier molecular flexibility index (Phi) is 19.6. The standard InChI is InChI=1S/C8H18N2O2.2C2H6/c11-6-8-12-7-5-10-3-1-9-2-4-10;2*1-2/h9,11H,1-8H2;2*1-2H3. The molecule has 0 aliphatic carbocycles. The molecule has 100 valence electrons. The molecular weight excluding hydrogens is 204 g/mol. The third-order valence-electron chi connectivity index (χ3n) is 2.00. The Morgan fingerprint density at radius 1 is 1.06 bits per heavy atom. The molecule has 0 aromatic carbocycles. The molecule has 0 amide bonds. The lowest BCUT2D eigenvalue weighted by molar-refractivity contribution is 0.0710. The summed E-state index contributed by atoms with van der Waals surface area (Å²) in [5.74, 6) is 0. The van der Waals surface area contributed by atoms with Crippen molar-refractivity contribution in [3.63, 3.8) is 0 Å². The summed E-state index contributed by atoms with van der Waals surface area (Å²) in [5.41, 5.74) is 0. The Hall–Kier alpha value is -0.160. The molecule has 0 unspecified atom stereocenters. The lowest BCUT2D eigenvalue weighted by atomic mass is 10.4. The predicted octanol–water partition coefficient (Wildman–Crippen LogP) is 0.953. The fourth-order valence-electron chi connectivity index (χ4n) is 1.30. The van der Waals surface area contributed by atoms with Gasteiger partial charge in [0.05, 0.1) is 19.8 Å². The van der Waals surface area contributed by atoms with E-state index in [-0.39, 0.29) is 6.61 Å². The molecule has 0 saturated carbocycles. The molecule has 1 aliphatic rings. The van der Waals surface area contributed by atoms with Gasteiger partial charge >= 0.3 is 0 Å². The van der Waals surface area contributed by atoms with Gasteiger partial charge in [-0.15, -0.1) is 0 Å². The molecule has 1 heterocycles. The number of ether oxygens (including phenoxy) is 1. The first-order valence-corrected chi connectivity index (χ1v) is 6.55. The highest BCUT2D eigenvalue weighted by Gasteiger charge is 2.07. The SMILES string of the molecule is CC.CC.OCCOCCN1CCNCC1. The van der Waals surface area contributed by atoms with Crippen molar-refractivity contribution >= 4 is 0 Å². The molecule has 0 radical (unpaired) electrons. The number of nitrogens with one attached hydrogen (secondary N) is 1. The molecule has 2 N–H and O–H groups in total. The third kappa shape index (κ3) is 11.9. The maximum absolute atomic E-state index is 8.45. The van der Waals surface area contributed by atoms with Crippen molar-refractivity contribution in [2.75, 3.05) is 52.5 Å². The van der Waals surface area contributed by atoms with Crippen LogP contribution in [0, 0.1) is 0 Å². The predicted molar refractivity (Wildman–Crippen MR) is 69.9 cm³/mol. The monoisotopic (exact) mass is 234 g/mol. The average molecular weight is 234 g/mol. The first kappa shape index (κ1) is 18.2.